The van der Waals surface area contributed by atoms with Gasteiger partial charge in [0.25, 0.3) is 5.91 Å². The molecule has 204 valence electrons. The molecule has 2 amide bonds. The molecule has 1 fully saturated rings. The highest BCUT2D eigenvalue weighted by Crippen LogP contribution is 2.56. The van der Waals surface area contributed by atoms with Crippen LogP contribution in [0.3, 0.4) is 0 Å². The van der Waals surface area contributed by atoms with E-state index in [9.17, 15) is 24.3 Å². The summed E-state index contributed by atoms with van der Waals surface area (Å²) in [5.74, 6) is -3.07. The monoisotopic (exact) mass is 582 g/mol. The third-order valence-electron chi connectivity index (χ3n) is 7.70. The maximum absolute atomic E-state index is 13.2. The van der Waals surface area contributed by atoms with Gasteiger partial charge in [-0.05, 0) is 55.0 Å². The molecule has 0 unspecified atom stereocenters. The highest BCUT2D eigenvalue weighted by Gasteiger charge is 2.58. The van der Waals surface area contributed by atoms with Crippen LogP contribution in [-0.4, -0.2) is 42.0 Å². The first kappa shape index (κ1) is 29.7. The summed E-state index contributed by atoms with van der Waals surface area (Å²) >= 11 is 18.1. The minimum atomic E-state index is -1.06. The maximum atomic E-state index is 13.2. The minimum absolute atomic E-state index is 0.0871. The van der Waals surface area contributed by atoms with Crippen molar-refractivity contribution in [1.29, 1.82) is 0 Å². The molecule has 3 atom stereocenters. The van der Waals surface area contributed by atoms with Crippen LogP contribution in [-0.2, 0) is 25.5 Å². The highest BCUT2D eigenvalue weighted by atomic mass is 35.5. The molecule has 3 rings (SSSR count). The van der Waals surface area contributed by atoms with Crippen molar-refractivity contribution in [3.8, 4) is 0 Å². The number of carbonyl (C=O) groups is 4. The Balaban J connectivity index is 1.71. The van der Waals surface area contributed by atoms with Crippen molar-refractivity contribution in [2.45, 2.75) is 46.1 Å². The van der Waals surface area contributed by atoms with Gasteiger partial charge in [0.2, 0.25) is 5.91 Å². The van der Waals surface area contributed by atoms with Gasteiger partial charge in [-0.2, -0.15) is 0 Å². The van der Waals surface area contributed by atoms with E-state index in [1.54, 1.807) is 45.0 Å². The van der Waals surface area contributed by atoms with E-state index in [0.29, 0.717) is 29.1 Å². The van der Waals surface area contributed by atoms with Crippen LogP contribution in [0.2, 0.25) is 15.1 Å². The van der Waals surface area contributed by atoms with E-state index in [0.717, 1.165) is 0 Å². The van der Waals surface area contributed by atoms with Gasteiger partial charge in [0.1, 0.15) is 6.04 Å². The number of hydrogen-bond donors (Lipinski definition) is 3. The Morgan fingerprint density at radius 1 is 1.05 bits per heavy atom. The number of carboxylic acid groups (broad SMARTS) is 1. The molecular formula is C27H29Cl3N2O6. The second-order valence-electron chi connectivity index (χ2n) is 10.1. The molecule has 1 aliphatic carbocycles. The molecule has 1 aliphatic rings. The summed E-state index contributed by atoms with van der Waals surface area (Å²) in [5.41, 5.74) is -0.637. The average molecular weight is 584 g/mol. The zero-order valence-corrected chi connectivity index (χ0v) is 23.6. The average Bonchev–Trinajstić information content (AvgIpc) is 3.08. The third kappa shape index (κ3) is 5.92. The van der Waals surface area contributed by atoms with Gasteiger partial charge >= 0.3 is 11.9 Å². The SMILES string of the molecule is COC(=O)[C@H](Cc1ccc(NC(=O)c2c(Cl)cc(Cl)cc2Cl)cc1)NC(=O)[C@H]1CC[C@@](C)(C(=O)O)C1(C)C. The van der Waals surface area contributed by atoms with E-state index in [-0.39, 0.29) is 22.0 Å². The molecule has 0 spiro atoms. The first-order valence-corrected chi connectivity index (χ1v) is 13.0. The minimum Gasteiger partial charge on any atom is -0.481 e. The number of carbonyl (C=O) groups excluding carboxylic acids is 3. The molecule has 2 aromatic carbocycles. The Morgan fingerprint density at radius 2 is 1.63 bits per heavy atom. The molecule has 38 heavy (non-hydrogen) atoms. The number of halogens is 3. The van der Waals surface area contributed by atoms with Gasteiger partial charge < -0.3 is 20.5 Å². The van der Waals surface area contributed by atoms with Gasteiger partial charge in [0.05, 0.1) is 28.1 Å². The van der Waals surface area contributed by atoms with Crippen molar-refractivity contribution in [2.75, 3.05) is 12.4 Å². The number of aliphatic carboxylic acids is 1. The zero-order valence-electron chi connectivity index (χ0n) is 21.4. The standard InChI is InChI=1S/C27H29Cl3N2O6/c1-26(2)17(9-10-27(26,3)25(36)37)22(33)32-20(24(35)38-4)11-14-5-7-16(8-6-14)31-23(34)21-18(29)12-15(28)13-19(21)30/h5-8,12-13,17,20H,9-11H2,1-4H3,(H,31,34)(H,32,33)(H,36,37)/t17-,20+,27+/m1/s1. The molecule has 8 nitrogen and oxygen atoms in total. The van der Waals surface area contributed by atoms with Crippen molar-refractivity contribution in [2.24, 2.45) is 16.7 Å². The number of amides is 2. The lowest BCUT2D eigenvalue weighted by Crippen LogP contribution is -2.50. The number of benzene rings is 2. The van der Waals surface area contributed by atoms with Gasteiger partial charge in [-0.3, -0.25) is 14.4 Å². The molecule has 3 N–H and O–H groups in total. The van der Waals surface area contributed by atoms with Crippen molar-refractivity contribution in [3.05, 3.63) is 62.6 Å². The fraction of sp³-hybridized carbons (Fsp3) is 0.407. The molecule has 0 saturated heterocycles. The predicted molar refractivity (Wildman–Crippen MR) is 146 cm³/mol. The molecular weight excluding hydrogens is 555 g/mol. The summed E-state index contributed by atoms with van der Waals surface area (Å²) < 4.78 is 4.90. The van der Waals surface area contributed by atoms with Crippen LogP contribution in [0.4, 0.5) is 5.69 Å². The third-order valence-corrected chi connectivity index (χ3v) is 8.52. The molecule has 0 heterocycles. The number of rotatable bonds is 8. The van der Waals surface area contributed by atoms with E-state index < -0.39 is 46.5 Å². The number of methoxy groups -OCH3 is 1. The lowest BCUT2D eigenvalue weighted by Gasteiger charge is -2.38. The van der Waals surface area contributed by atoms with Crippen LogP contribution >= 0.6 is 34.8 Å². The molecule has 0 bridgehead atoms. The lowest BCUT2D eigenvalue weighted by molar-refractivity contribution is -0.156. The van der Waals surface area contributed by atoms with Crippen LogP contribution in [0, 0.1) is 16.7 Å². The van der Waals surface area contributed by atoms with Crippen LogP contribution in [0.5, 0.6) is 0 Å². The Bertz CT molecular complexity index is 1240. The van der Waals surface area contributed by atoms with E-state index in [4.69, 9.17) is 39.5 Å². The lowest BCUT2D eigenvalue weighted by atomic mass is 9.65. The molecule has 0 radical (unpaired) electrons. The fourth-order valence-electron chi connectivity index (χ4n) is 4.86. The number of anilines is 1. The van der Waals surface area contributed by atoms with Gasteiger partial charge in [0.15, 0.2) is 0 Å². The summed E-state index contributed by atoms with van der Waals surface area (Å²) in [6, 6.07) is 8.53. The number of ether oxygens (including phenoxy) is 1. The summed E-state index contributed by atoms with van der Waals surface area (Å²) in [4.78, 5) is 50.3. The summed E-state index contributed by atoms with van der Waals surface area (Å²) in [6.07, 6.45) is 0.881. The Labute approximate surface area is 236 Å². The van der Waals surface area contributed by atoms with Crippen molar-refractivity contribution < 1.29 is 29.0 Å². The molecule has 0 aromatic heterocycles. The van der Waals surface area contributed by atoms with Crippen molar-refractivity contribution in [1.82, 2.24) is 5.32 Å². The Hall–Kier alpha value is -2.81. The molecule has 0 aliphatic heterocycles. The summed E-state index contributed by atoms with van der Waals surface area (Å²) in [5, 5.41) is 15.7. The van der Waals surface area contributed by atoms with Crippen molar-refractivity contribution in [3.63, 3.8) is 0 Å². The van der Waals surface area contributed by atoms with Gasteiger partial charge in [-0.1, -0.05) is 60.8 Å². The number of hydrogen-bond acceptors (Lipinski definition) is 5. The Kier molecular flexibility index (Phi) is 9.01. The summed E-state index contributed by atoms with van der Waals surface area (Å²) in [6.45, 7) is 5.18. The van der Waals surface area contributed by atoms with Crippen LogP contribution in [0.1, 0.15) is 49.5 Å². The van der Waals surface area contributed by atoms with Gasteiger partial charge in [-0.25, -0.2) is 4.79 Å². The quantitative estimate of drug-likeness (QED) is 0.347. The number of carboxylic acids is 1. The number of esters is 1. The van der Waals surface area contributed by atoms with E-state index in [1.165, 1.54) is 19.2 Å². The first-order valence-electron chi connectivity index (χ1n) is 11.9. The molecule has 2 aromatic rings. The zero-order chi connectivity index (χ0) is 28.4. The summed E-state index contributed by atoms with van der Waals surface area (Å²) in [7, 11) is 1.23. The maximum Gasteiger partial charge on any atom is 0.328 e. The van der Waals surface area contributed by atoms with Crippen LogP contribution in [0.15, 0.2) is 36.4 Å². The second-order valence-corrected chi connectivity index (χ2v) is 11.4. The smallest absolute Gasteiger partial charge is 0.328 e. The van der Waals surface area contributed by atoms with Crippen molar-refractivity contribution >= 4 is 64.2 Å². The highest BCUT2D eigenvalue weighted by molar-refractivity contribution is 6.42. The normalized spacial score (nSPS) is 20.9. The van der Waals surface area contributed by atoms with Crippen LogP contribution < -0.4 is 10.6 Å². The number of nitrogens with one attached hydrogen (secondary N) is 2. The second kappa shape index (κ2) is 11.5. The van der Waals surface area contributed by atoms with Crippen LogP contribution in [0.25, 0.3) is 0 Å². The Morgan fingerprint density at radius 3 is 2.13 bits per heavy atom. The molecule has 1 saturated carbocycles. The van der Waals surface area contributed by atoms with Gasteiger partial charge in [0, 0.05) is 23.0 Å². The predicted octanol–water partition coefficient (Wildman–Crippen LogP) is 5.63. The van der Waals surface area contributed by atoms with Gasteiger partial charge in [-0.15, -0.1) is 0 Å². The van der Waals surface area contributed by atoms with E-state index in [2.05, 4.69) is 10.6 Å². The molecule has 11 heteroatoms. The largest absolute Gasteiger partial charge is 0.481 e. The van der Waals surface area contributed by atoms with E-state index in [1.807, 2.05) is 0 Å². The fourth-order valence-corrected chi connectivity index (χ4v) is 5.85. The first-order chi connectivity index (χ1) is 17.7. The van der Waals surface area contributed by atoms with E-state index >= 15 is 0 Å². The topological polar surface area (TPSA) is 122 Å².